The van der Waals surface area contributed by atoms with Crippen LogP contribution in [0.1, 0.15) is 24.4 Å². The highest BCUT2D eigenvalue weighted by molar-refractivity contribution is 5.05. The first kappa shape index (κ1) is 10.7. The van der Waals surface area contributed by atoms with E-state index in [4.69, 9.17) is 4.42 Å². The molecule has 1 aromatic heterocycles. The molecule has 0 unspecified atom stereocenters. The molecule has 0 aromatic carbocycles. The topological polar surface area (TPSA) is 28.4 Å². The van der Waals surface area contributed by atoms with Crippen LogP contribution < -0.4 is 5.32 Å². The molecule has 1 aliphatic carbocycles. The summed E-state index contributed by atoms with van der Waals surface area (Å²) in [6, 6.07) is 4.88. The standard InChI is InChI=1S/C12H20N2O/c1-10-3-6-12(15-10)9-14(2)8-7-13-11-4-5-11/h3,6,11,13H,4-5,7-9H2,1-2H3. The van der Waals surface area contributed by atoms with Gasteiger partial charge in [-0.15, -0.1) is 0 Å². The fourth-order valence-electron chi connectivity index (χ4n) is 1.66. The predicted octanol–water partition coefficient (Wildman–Crippen LogP) is 1.77. The van der Waals surface area contributed by atoms with Crippen LogP contribution in [0.4, 0.5) is 0 Å². The lowest BCUT2D eigenvalue weighted by Gasteiger charge is -2.15. The number of hydrogen-bond donors (Lipinski definition) is 1. The second-order valence-corrected chi connectivity index (χ2v) is 4.48. The van der Waals surface area contributed by atoms with Crippen molar-refractivity contribution in [1.29, 1.82) is 0 Å². The van der Waals surface area contributed by atoms with Crippen molar-refractivity contribution in [1.82, 2.24) is 10.2 Å². The van der Waals surface area contributed by atoms with E-state index in [1.807, 2.05) is 13.0 Å². The van der Waals surface area contributed by atoms with Crippen molar-refractivity contribution >= 4 is 0 Å². The lowest BCUT2D eigenvalue weighted by atomic mass is 10.4. The fourth-order valence-corrected chi connectivity index (χ4v) is 1.66. The third-order valence-electron chi connectivity index (χ3n) is 2.73. The summed E-state index contributed by atoms with van der Waals surface area (Å²) in [4.78, 5) is 2.29. The first-order valence-corrected chi connectivity index (χ1v) is 5.71. The molecule has 0 spiro atoms. The van der Waals surface area contributed by atoms with Gasteiger partial charge in [-0.3, -0.25) is 4.90 Å². The predicted molar refractivity (Wildman–Crippen MR) is 60.8 cm³/mol. The van der Waals surface area contributed by atoms with Crippen LogP contribution >= 0.6 is 0 Å². The summed E-state index contributed by atoms with van der Waals surface area (Å²) in [5.74, 6) is 2.05. The van der Waals surface area contributed by atoms with E-state index in [9.17, 15) is 0 Å². The van der Waals surface area contributed by atoms with Crippen molar-refractivity contribution in [3.63, 3.8) is 0 Å². The zero-order valence-electron chi connectivity index (χ0n) is 9.62. The Hall–Kier alpha value is -0.800. The Balaban J connectivity index is 1.64. The molecule has 0 atom stereocenters. The Morgan fingerprint density at radius 3 is 2.87 bits per heavy atom. The normalized spacial score (nSPS) is 16.2. The summed E-state index contributed by atoms with van der Waals surface area (Å²) in [5.41, 5.74) is 0. The molecule has 0 saturated heterocycles. The molecule has 0 aliphatic heterocycles. The third-order valence-corrected chi connectivity index (χ3v) is 2.73. The number of hydrogen-bond acceptors (Lipinski definition) is 3. The van der Waals surface area contributed by atoms with E-state index in [1.165, 1.54) is 12.8 Å². The minimum Gasteiger partial charge on any atom is -0.465 e. The Morgan fingerprint density at radius 1 is 1.47 bits per heavy atom. The average molecular weight is 208 g/mol. The minimum absolute atomic E-state index is 0.809. The van der Waals surface area contributed by atoms with E-state index in [0.717, 1.165) is 37.2 Å². The van der Waals surface area contributed by atoms with Gasteiger partial charge in [0.15, 0.2) is 0 Å². The van der Waals surface area contributed by atoms with Gasteiger partial charge in [0.1, 0.15) is 11.5 Å². The average Bonchev–Trinajstić information content (AvgIpc) is 2.91. The van der Waals surface area contributed by atoms with Crippen LogP contribution in [-0.2, 0) is 6.54 Å². The quantitative estimate of drug-likeness (QED) is 0.772. The number of aryl methyl sites for hydroxylation is 1. The maximum Gasteiger partial charge on any atom is 0.118 e. The SMILES string of the molecule is Cc1ccc(CN(C)CCNC2CC2)o1. The van der Waals surface area contributed by atoms with Crippen LogP contribution in [-0.4, -0.2) is 31.1 Å². The van der Waals surface area contributed by atoms with Gasteiger partial charge in [-0.2, -0.15) is 0 Å². The first-order chi connectivity index (χ1) is 7.24. The summed E-state index contributed by atoms with van der Waals surface area (Å²) >= 11 is 0. The number of nitrogens with one attached hydrogen (secondary N) is 1. The van der Waals surface area contributed by atoms with Gasteiger partial charge in [0.2, 0.25) is 0 Å². The zero-order valence-corrected chi connectivity index (χ0v) is 9.62. The molecule has 1 N–H and O–H groups in total. The van der Waals surface area contributed by atoms with E-state index in [1.54, 1.807) is 0 Å². The molecule has 84 valence electrons. The minimum atomic E-state index is 0.809. The van der Waals surface area contributed by atoms with Gasteiger partial charge in [-0.05, 0) is 38.9 Å². The Kier molecular flexibility index (Phi) is 3.44. The summed E-state index contributed by atoms with van der Waals surface area (Å²) < 4.78 is 5.53. The summed E-state index contributed by atoms with van der Waals surface area (Å²) in [6.07, 6.45) is 2.72. The molecule has 0 bridgehead atoms. The smallest absolute Gasteiger partial charge is 0.118 e. The Labute approximate surface area is 91.4 Å². The lowest BCUT2D eigenvalue weighted by Crippen LogP contribution is -2.29. The maximum absolute atomic E-state index is 5.53. The molecule has 15 heavy (non-hydrogen) atoms. The molecular weight excluding hydrogens is 188 g/mol. The second kappa shape index (κ2) is 4.81. The monoisotopic (exact) mass is 208 g/mol. The van der Waals surface area contributed by atoms with Crippen molar-refractivity contribution in [2.75, 3.05) is 20.1 Å². The second-order valence-electron chi connectivity index (χ2n) is 4.48. The van der Waals surface area contributed by atoms with Gasteiger partial charge < -0.3 is 9.73 Å². The highest BCUT2D eigenvalue weighted by Gasteiger charge is 2.19. The van der Waals surface area contributed by atoms with Gasteiger partial charge in [0.25, 0.3) is 0 Å². The zero-order chi connectivity index (χ0) is 10.7. The summed E-state index contributed by atoms with van der Waals surface area (Å²) in [5, 5.41) is 3.51. The van der Waals surface area contributed by atoms with Crippen LogP contribution in [0.2, 0.25) is 0 Å². The summed E-state index contributed by atoms with van der Waals surface area (Å²) in [7, 11) is 2.13. The van der Waals surface area contributed by atoms with E-state index in [-0.39, 0.29) is 0 Å². The van der Waals surface area contributed by atoms with Gasteiger partial charge in [0, 0.05) is 19.1 Å². The lowest BCUT2D eigenvalue weighted by molar-refractivity contribution is 0.291. The van der Waals surface area contributed by atoms with E-state index in [2.05, 4.69) is 23.3 Å². The molecule has 2 rings (SSSR count). The van der Waals surface area contributed by atoms with Gasteiger partial charge >= 0.3 is 0 Å². The number of rotatable bonds is 6. The van der Waals surface area contributed by atoms with Crippen molar-refractivity contribution in [3.8, 4) is 0 Å². The van der Waals surface area contributed by atoms with E-state index in [0.29, 0.717) is 0 Å². The van der Waals surface area contributed by atoms with Crippen LogP contribution in [0.15, 0.2) is 16.5 Å². The molecule has 0 radical (unpaired) electrons. The molecule has 0 amide bonds. The van der Waals surface area contributed by atoms with Crippen LogP contribution in [0.3, 0.4) is 0 Å². The van der Waals surface area contributed by atoms with Crippen LogP contribution in [0, 0.1) is 6.92 Å². The molecule has 3 nitrogen and oxygen atoms in total. The Bertz CT molecular complexity index is 304. The van der Waals surface area contributed by atoms with E-state index >= 15 is 0 Å². The molecular formula is C12H20N2O. The van der Waals surface area contributed by atoms with Gasteiger partial charge in [-0.25, -0.2) is 0 Å². The number of furan rings is 1. The number of likely N-dealkylation sites (N-methyl/N-ethyl adjacent to an activating group) is 1. The van der Waals surface area contributed by atoms with Crippen molar-refractivity contribution in [2.45, 2.75) is 32.4 Å². The largest absolute Gasteiger partial charge is 0.465 e. The Morgan fingerprint density at radius 2 is 2.27 bits per heavy atom. The van der Waals surface area contributed by atoms with Crippen molar-refractivity contribution < 1.29 is 4.42 Å². The van der Waals surface area contributed by atoms with Crippen molar-refractivity contribution in [2.24, 2.45) is 0 Å². The van der Waals surface area contributed by atoms with Gasteiger partial charge in [0.05, 0.1) is 6.54 Å². The highest BCUT2D eigenvalue weighted by Crippen LogP contribution is 2.18. The maximum atomic E-state index is 5.53. The first-order valence-electron chi connectivity index (χ1n) is 5.71. The third kappa shape index (κ3) is 3.68. The summed E-state index contributed by atoms with van der Waals surface area (Å²) in [6.45, 7) is 5.05. The van der Waals surface area contributed by atoms with E-state index < -0.39 is 0 Å². The molecule has 1 saturated carbocycles. The fraction of sp³-hybridized carbons (Fsp3) is 0.667. The van der Waals surface area contributed by atoms with Crippen LogP contribution in [0.25, 0.3) is 0 Å². The molecule has 1 fully saturated rings. The van der Waals surface area contributed by atoms with Gasteiger partial charge in [-0.1, -0.05) is 0 Å². The molecule has 3 heteroatoms. The number of nitrogens with zero attached hydrogens (tertiary/aromatic N) is 1. The molecule has 1 aromatic rings. The molecule has 1 heterocycles. The van der Waals surface area contributed by atoms with Crippen LogP contribution in [0.5, 0.6) is 0 Å². The highest BCUT2D eigenvalue weighted by atomic mass is 16.3. The molecule has 1 aliphatic rings. The van der Waals surface area contributed by atoms with Crippen molar-refractivity contribution in [3.05, 3.63) is 23.7 Å².